The minimum absolute atomic E-state index is 0.0502. The van der Waals surface area contributed by atoms with Crippen LogP contribution in [0.25, 0.3) is 10.2 Å². The largest absolute Gasteiger partial charge is 0.472 e. The van der Waals surface area contributed by atoms with Gasteiger partial charge in [-0.1, -0.05) is 18.2 Å². The third-order valence-electron chi connectivity index (χ3n) is 3.64. The number of aromatic nitrogens is 1. The molecule has 0 N–H and O–H groups in total. The molecule has 6 heteroatoms. The van der Waals surface area contributed by atoms with E-state index in [9.17, 15) is 4.79 Å². The number of rotatable bonds is 5. The Morgan fingerprint density at radius 1 is 1.12 bits per heavy atom. The summed E-state index contributed by atoms with van der Waals surface area (Å²) in [5, 5.41) is 2.55. The Morgan fingerprint density at radius 2 is 2.04 bits per heavy atom. The summed E-state index contributed by atoms with van der Waals surface area (Å²) < 4.78 is 6.16. The number of hydrogen-bond donors (Lipinski definition) is 0. The van der Waals surface area contributed by atoms with Crippen molar-refractivity contribution in [2.45, 2.75) is 13.1 Å². The van der Waals surface area contributed by atoms with E-state index in [1.54, 1.807) is 23.9 Å². The van der Waals surface area contributed by atoms with Crippen LogP contribution in [0.5, 0.6) is 0 Å². The first kappa shape index (κ1) is 15.1. The van der Waals surface area contributed by atoms with Crippen LogP contribution in [-0.2, 0) is 13.1 Å². The Hall–Kier alpha value is -2.44. The number of carbonyl (C=O) groups is 1. The second-order valence-corrected chi connectivity index (χ2v) is 7.42. The first-order valence-electron chi connectivity index (χ1n) is 7.48. The number of carbonyl (C=O) groups excluding carboxylic acids is 1. The summed E-state index contributed by atoms with van der Waals surface area (Å²) in [5.41, 5.74) is 1.84. The highest BCUT2D eigenvalue weighted by atomic mass is 32.1. The lowest BCUT2D eigenvalue weighted by molar-refractivity contribution is 0.0731. The van der Waals surface area contributed by atoms with Crippen molar-refractivity contribution in [2.75, 3.05) is 0 Å². The van der Waals surface area contributed by atoms with Crippen molar-refractivity contribution < 1.29 is 9.21 Å². The van der Waals surface area contributed by atoms with Crippen LogP contribution in [0.15, 0.2) is 64.8 Å². The van der Waals surface area contributed by atoms with Crippen molar-refractivity contribution in [3.05, 3.63) is 75.8 Å². The van der Waals surface area contributed by atoms with Crippen molar-refractivity contribution in [1.82, 2.24) is 9.88 Å². The van der Waals surface area contributed by atoms with Gasteiger partial charge in [0.15, 0.2) is 5.01 Å². The van der Waals surface area contributed by atoms with E-state index in [-0.39, 0.29) is 5.91 Å². The van der Waals surface area contributed by atoms with Gasteiger partial charge in [0.2, 0.25) is 0 Å². The van der Waals surface area contributed by atoms with Crippen molar-refractivity contribution in [1.29, 1.82) is 0 Å². The number of fused-ring (bicyclic) bond motifs is 1. The third-order valence-corrected chi connectivity index (χ3v) is 5.53. The molecule has 4 rings (SSSR count). The van der Waals surface area contributed by atoms with E-state index >= 15 is 0 Å². The second kappa shape index (κ2) is 6.59. The SMILES string of the molecule is O=C(c1nc2ccccc2s1)N(Cc1ccoc1)Cc1cccs1. The zero-order valence-electron chi connectivity index (χ0n) is 12.7. The number of amides is 1. The molecule has 3 aromatic heterocycles. The average molecular weight is 354 g/mol. The number of benzene rings is 1. The molecule has 120 valence electrons. The van der Waals surface area contributed by atoms with E-state index in [0.29, 0.717) is 18.1 Å². The van der Waals surface area contributed by atoms with Gasteiger partial charge >= 0.3 is 0 Å². The maximum atomic E-state index is 13.0. The molecule has 0 bridgehead atoms. The van der Waals surface area contributed by atoms with Crippen LogP contribution in [0, 0.1) is 0 Å². The molecule has 0 unspecified atom stereocenters. The molecular formula is C18H14N2O2S2. The van der Waals surface area contributed by atoms with Crippen molar-refractivity contribution >= 4 is 38.8 Å². The van der Waals surface area contributed by atoms with E-state index in [0.717, 1.165) is 20.7 Å². The summed E-state index contributed by atoms with van der Waals surface area (Å²) in [6, 6.07) is 13.7. The molecular weight excluding hydrogens is 340 g/mol. The van der Waals surface area contributed by atoms with E-state index in [2.05, 4.69) is 4.98 Å². The molecule has 4 nitrogen and oxygen atoms in total. The van der Waals surface area contributed by atoms with Gasteiger partial charge < -0.3 is 9.32 Å². The molecule has 3 heterocycles. The van der Waals surface area contributed by atoms with Gasteiger partial charge in [-0.2, -0.15) is 0 Å². The molecule has 0 aliphatic heterocycles. The number of para-hydroxylation sites is 1. The Kier molecular flexibility index (Phi) is 4.15. The quantitative estimate of drug-likeness (QED) is 0.517. The highest BCUT2D eigenvalue weighted by Crippen LogP contribution is 2.24. The van der Waals surface area contributed by atoms with Crippen LogP contribution in [0.1, 0.15) is 20.2 Å². The van der Waals surface area contributed by atoms with Gasteiger partial charge in [0.05, 0.1) is 29.3 Å². The summed E-state index contributed by atoms with van der Waals surface area (Å²) in [6.07, 6.45) is 3.30. The fraction of sp³-hybridized carbons (Fsp3) is 0.111. The average Bonchev–Trinajstić information content (AvgIpc) is 3.34. The zero-order valence-corrected chi connectivity index (χ0v) is 14.3. The molecule has 0 spiro atoms. The van der Waals surface area contributed by atoms with Crippen LogP contribution < -0.4 is 0 Å². The fourth-order valence-corrected chi connectivity index (χ4v) is 4.15. The van der Waals surface area contributed by atoms with Gasteiger partial charge in [0.25, 0.3) is 5.91 Å². The van der Waals surface area contributed by atoms with Crippen molar-refractivity contribution in [2.24, 2.45) is 0 Å². The minimum atomic E-state index is -0.0502. The van der Waals surface area contributed by atoms with E-state index in [1.807, 2.05) is 52.7 Å². The maximum Gasteiger partial charge on any atom is 0.283 e. The number of thiazole rings is 1. The lowest BCUT2D eigenvalue weighted by Gasteiger charge is -2.20. The van der Waals surface area contributed by atoms with Gasteiger partial charge in [-0.25, -0.2) is 4.98 Å². The lowest BCUT2D eigenvalue weighted by atomic mass is 10.3. The van der Waals surface area contributed by atoms with Crippen molar-refractivity contribution in [3.8, 4) is 0 Å². The Balaban J connectivity index is 1.64. The fourth-order valence-electron chi connectivity index (χ4n) is 2.49. The standard InChI is InChI=1S/C18H14N2O2S2/c21-18(17-19-15-5-1-2-6-16(15)24-17)20(10-13-7-8-22-12-13)11-14-4-3-9-23-14/h1-9,12H,10-11H2. The van der Waals surface area contributed by atoms with Crippen LogP contribution in [0.3, 0.4) is 0 Å². The summed E-state index contributed by atoms with van der Waals surface area (Å²) in [7, 11) is 0. The molecule has 1 amide bonds. The van der Waals surface area contributed by atoms with Gasteiger partial charge in [0, 0.05) is 17.0 Å². The summed E-state index contributed by atoms with van der Waals surface area (Å²) >= 11 is 3.08. The lowest BCUT2D eigenvalue weighted by Crippen LogP contribution is -2.29. The first-order valence-corrected chi connectivity index (χ1v) is 9.17. The Bertz CT molecular complexity index is 873. The summed E-state index contributed by atoms with van der Waals surface area (Å²) in [6.45, 7) is 1.07. The second-order valence-electron chi connectivity index (χ2n) is 5.36. The Labute approximate surface area is 147 Å². The van der Waals surface area contributed by atoms with Crippen LogP contribution in [0.2, 0.25) is 0 Å². The van der Waals surface area contributed by atoms with Crippen LogP contribution in [0.4, 0.5) is 0 Å². The minimum Gasteiger partial charge on any atom is -0.472 e. The zero-order chi connectivity index (χ0) is 16.4. The third kappa shape index (κ3) is 3.11. The molecule has 0 fully saturated rings. The molecule has 1 aromatic carbocycles. The van der Waals surface area contributed by atoms with Crippen LogP contribution in [-0.4, -0.2) is 15.8 Å². The van der Waals surface area contributed by atoms with Crippen molar-refractivity contribution in [3.63, 3.8) is 0 Å². The van der Waals surface area contributed by atoms with Gasteiger partial charge in [-0.05, 0) is 29.6 Å². The molecule has 0 aliphatic carbocycles. The normalized spacial score (nSPS) is 11.0. The van der Waals surface area contributed by atoms with Gasteiger partial charge in [-0.15, -0.1) is 22.7 Å². The summed E-state index contributed by atoms with van der Waals surface area (Å²) in [4.78, 5) is 20.5. The number of thiophene rings is 1. The van der Waals surface area contributed by atoms with Gasteiger partial charge in [-0.3, -0.25) is 4.79 Å². The molecule has 4 aromatic rings. The van der Waals surface area contributed by atoms with Crippen LogP contribution >= 0.6 is 22.7 Å². The van der Waals surface area contributed by atoms with E-state index < -0.39 is 0 Å². The number of hydrogen-bond acceptors (Lipinski definition) is 5. The smallest absolute Gasteiger partial charge is 0.283 e. The van der Waals surface area contributed by atoms with E-state index in [1.165, 1.54) is 11.3 Å². The molecule has 0 saturated carbocycles. The highest BCUT2D eigenvalue weighted by Gasteiger charge is 2.21. The highest BCUT2D eigenvalue weighted by molar-refractivity contribution is 7.20. The Morgan fingerprint density at radius 3 is 2.79 bits per heavy atom. The maximum absolute atomic E-state index is 13.0. The molecule has 0 atom stereocenters. The van der Waals surface area contributed by atoms with Gasteiger partial charge in [0.1, 0.15) is 0 Å². The first-order chi connectivity index (χ1) is 11.8. The molecule has 0 aliphatic rings. The molecule has 24 heavy (non-hydrogen) atoms. The predicted octanol–water partition coefficient (Wildman–Crippen LogP) is 4.79. The monoisotopic (exact) mass is 354 g/mol. The summed E-state index contributed by atoms with van der Waals surface area (Å²) in [5.74, 6) is -0.0502. The molecule has 0 radical (unpaired) electrons. The number of furan rings is 1. The molecule has 0 saturated heterocycles. The predicted molar refractivity (Wildman–Crippen MR) is 96.2 cm³/mol. The topological polar surface area (TPSA) is 46.3 Å². The van der Waals surface area contributed by atoms with E-state index in [4.69, 9.17) is 4.42 Å². The number of nitrogens with zero attached hydrogens (tertiary/aromatic N) is 2.